The molecule has 1 aliphatic carbocycles. The SMILES string of the molecule is CC(C)(OC1CCCc2ccccc21)C(=O)O. The Morgan fingerprint density at radius 1 is 1.41 bits per heavy atom. The first-order valence-electron chi connectivity index (χ1n) is 6.00. The fourth-order valence-electron chi connectivity index (χ4n) is 2.24. The second-order valence-electron chi connectivity index (χ2n) is 5.01. The number of hydrogen-bond acceptors (Lipinski definition) is 2. The van der Waals surface area contributed by atoms with Gasteiger partial charge in [-0.1, -0.05) is 24.3 Å². The minimum absolute atomic E-state index is 0.0916. The molecule has 1 N–H and O–H groups in total. The molecule has 0 saturated carbocycles. The van der Waals surface area contributed by atoms with Crippen molar-refractivity contribution in [1.82, 2.24) is 0 Å². The number of carbonyl (C=O) groups is 1. The van der Waals surface area contributed by atoms with Crippen molar-refractivity contribution in [2.45, 2.75) is 44.8 Å². The molecule has 92 valence electrons. The van der Waals surface area contributed by atoms with Gasteiger partial charge in [0.25, 0.3) is 0 Å². The Morgan fingerprint density at radius 3 is 2.82 bits per heavy atom. The average Bonchev–Trinajstić information content (AvgIpc) is 2.29. The summed E-state index contributed by atoms with van der Waals surface area (Å²) in [6, 6.07) is 8.13. The van der Waals surface area contributed by atoms with Gasteiger partial charge < -0.3 is 9.84 Å². The normalized spacial score (nSPS) is 19.8. The van der Waals surface area contributed by atoms with Crippen LogP contribution in [0.15, 0.2) is 24.3 Å². The van der Waals surface area contributed by atoms with Crippen molar-refractivity contribution in [3.63, 3.8) is 0 Å². The summed E-state index contributed by atoms with van der Waals surface area (Å²) in [4.78, 5) is 11.1. The number of ether oxygens (including phenoxy) is 1. The van der Waals surface area contributed by atoms with E-state index in [4.69, 9.17) is 9.84 Å². The first-order chi connectivity index (χ1) is 8.00. The highest BCUT2D eigenvalue weighted by atomic mass is 16.5. The van der Waals surface area contributed by atoms with Crippen LogP contribution in [0.25, 0.3) is 0 Å². The summed E-state index contributed by atoms with van der Waals surface area (Å²) >= 11 is 0. The van der Waals surface area contributed by atoms with Crippen LogP contribution in [-0.4, -0.2) is 16.7 Å². The average molecular weight is 234 g/mol. The molecule has 0 aromatic heterocycles. The number of aryl methyl sites for hydroxylation is 1. The van der Waals surface area contributed by atoms with Crippen LogP contribution in [0.3, 0.4) is 0 Å². The van der Waals surface area contributed by atoms with E-state index in [0.717, 1.165) is 24.8 Å². The number of benzene rings is 1. The molecule has 0 heterocycles. The smallest absolute Gasteiger partial charge is 0.335 e. The van der Waals surface area contributed by atoms with Gasteiger partial charge in [-0.3, -0.25) is 0 Å². The first-order valence-corrected chi connectivity index (χ1v) is 6.00. The molecule has 0 fully saturated rings. The lowest BCUT2D eigenvalue weighted by Gasteiger charge is -2.31. The van der Waals surface area contributed by atoms with Crippen LogP contribution in [0.1, 0.15) is 43.9 Å². The van der Waals surface area contributed by atoms with E-state index in [-0.39, 0.29) is 6.10 Å². The molecule has 3 heteroatoms. The van der Waals surface area contributed by atoms with Crippen molar-refractivity contribution in [2.75, 3.05) is 0 Å². The topological polar surface area (TPSA) is 46.5 Å². The molecule has 1 aromatic rings. The lowest BCUT2D eigenvalue weighted by Crippen LogP contribution is -2.36. The second kappa shape index (κ2) is 4.49. The van der Waals surface area contributed by atoms with Gasteiger partial charge in [-0.05, 0) is 44.2 Å². The summed E-state index contributed by atoms with van der Waals surface area (Å²) in [6.45, 7) is 3.21. The van der Waals surface area contributed by atoms with Gasteiger partial charge in [-0.2, -0.15) is 0 Å². The maximum atomic E-state index is 11.1. The van der Waals surface area contributed by atoms with Crippen LogP contribution >= 0.6 is 0 Å². The Labute approximate surface area is 101 Å². The van der Waals surface area contributed by atoms with Crippen LogP contribution in [0.4, 0.5) is 0 Å². The molecule has 1 aliphatic rings. The first kappa shape index (κ1) is 12.1. The maximum Gasteiger partial charge on any atom is 0.335 e. The van der Waals surface area contributed by atoms with Crippen LogP contribution < -0.4 is 0 Å². The molecule has 0 spiro atoms. The maximum absolute atomic E-state index is 11.1. The monoisotopic (exact) mass is 234 g/mol. The van der Waals surface area contributed by atoms with Crippen molar-refractivity contribution >= 4 is 5.97 Å². The minimum atomic E-state index is -1.13. The van der Waals surface area contributed by atoms with Crippen LogP contribution in [0, 0.1) is 0 Å². The number of hydrogen-bond donors (Lipinski definition) is 1. The zero-order chi connectivity index (χ0) is 12.5. The standard InChI is InChI=1S/C14H18O3/c1-14(2,13(15)16)17-12-9-5-7-10-6-3-4-8-11(10)12/h3-4,6,8,12H,5,7,9H2,1-2H3,(H,15,16). The summed E-state index contributed by atoms with van der Waals surface area (Å²) in [7, 11) is 0. The van der Waals surface area contributed by atoms with E-state index in [1.165, 1.54) is 5.56 Å². The molecule has 0 radical (unpaired) electrons. The number of rotatable bonds is 3. The highest BCUT2D eigenvalue weighted by molar-refractivity contribution is 5.76. The Balaban J connectivity index is 2.22. The summed E-state index contributed by atoms with van der Waals surface area (Å²) in [5, 5.41) is 9.09. The van der Waals surface area contributed by atoms with Crippen molar-refractivity contribution in [3.8, 4) is 0 Å². The van der Waals surface area contributed by atoms with Crippen LogP contribution in [0.5, 0.6) is 0 Å². The highest BCUT2D eigenvalue weighted by Crippen LogP contribution is 2.35. The van der Waals surface area contributed by atoms with Gasteiger partial charge in [-0.15, -0.1) is 0 Å². The number of aliphatic carboxylic acids is 1. The Morgan fingerprint density at radius 2 is 2.12 bits per heavy atom. The molecule has 0 aliphatic heterocycles. The third-order valence-electron chi connectivity index (χ3n) is 3.27. The van der Waals surface area contributed by atoms with Gasteiger partial charge in [-0.25, -0.2) is 4.79 Å². The molecular formula is C14H18O3. The molecule has 0 saturated heterocycles. The van der Waals surface area contributed by atoms with Crippen molar-refractivity contribution in [3.05, 3.63) is 35.4 Å². The third-order valence-corrected chi connectivity index (χ3v) is 3.27. The van der Waals surface area contributed by atoms with Gasteiger partial charge in [0.1, 0.15) is 0 Å². The lowest BCUT2D eigenvalue weighted by atomic mass is 9.89. The predicted molar refractivity (Wildman–Crippen MR) is 64.9 cm³/mol. The summed E-state index contributed by atoms with van der Waals surface area (Å²) < 4.78 is 5.77. The van der Waals surface area contributed by atoms with Crippen molar-refractivity contribution in [2.24, 2.45) is 0 Å². The predicted octanol–water partition coefficient (Wildman–Crippen LogP) is 2.94. The Bertz CT molecular complexity index is 423. The molecule has 0 bridgehead atoms. The molecule has 17 heavy (non-hydrogen) atoms. The summed E-state index contributed by atoms with van der Waals surface area (Å²) in [5.41, 5.74) is 1.30. The van der Waals surface area contributed by atoms with E-state index in [9.17, 15) is 4.79 Å². The van der Waals surface area contributed by atoms with Gasteiger partial charge in [0.15, 0.2) is 5.60 Å². The molecule has 1 aromatic carbocycles. The molecule has 2 rings (SSSR count). The summed E-state index contributed by atoms with van der Waals surface area (Å²) in [6.07, 6.45) is 2.92. The Kier molecular flexibility index (Phi) is 3.20. The number of carboxylic acids is 1. The van der Waals surface area contributed by atoms with Gasteiger partial charge in [0.2, 0.25) is 0 Å². The van der Waals surface area contributed by atoms with Gasteiger partial charge >= 0.3 is 5.97 Å². The fourth-order valence-corrected chi connectivity index (χ4v) is 2.24. The number of fused-ring (bicyclic) bond motifs is 1. The fraction of sp³-hybridized carbons (Fsp3) is 0.500. The largest absolute Gasteiger partial charge is 0.479 e. The van der Waals surface area contributed by atoms with E-state index in [2.05, 4.69) is 6.07 Å². The van der Waals surface area contributed by atoms with Gasteiger partial charge in [0, 0.05) is 0 Å². The molecule has 3 nitrogen and oxygen atoms in total. The number of carboxylic acid groups (broad SMARTS) is 1. The van der Waals surface area contributed by atoms with Crippen LogP contribution in [0.2, 0.25) is 0 Å². The quantitative estimate of drug-likeness (QED) is 0.874. The summed E-state index contributed by atoms with van der Waals surface area (Å²) in [5.74, 6) is -0.916. The van der Waals surface area contributed by atoms with E-state index in [1.54, 1.807) is 13.8 Å². The second-order valence-corrected chi connectivity index (χ2v) is 5.01. The zero-order valence-electron chi connectivity index (χ0n) is 10.3. The highest BCUT2D eigenvalue weighted by Gasteiger charge is 2.33. The molecule has 1 atom stereocenters. The lowest BCUT2D eigenvalue weighted by molar-refractivity contribution is -0.169. The third kappa shape index (κ3) is 2.50. The zero-order valence-corrected chi connectivity index (χ0v) is 10.3. The Hall–Kier alpha value is -1.35. The molecule has 1 unspecified atom stereocenters. The van der Waals surface area contributed by atoms with Crippen LogP contribution in [-0.2, 0) is 16.0 Å². The van der Waals surface area contributed by atoms with E-state index in [1.807, 2.05) is 18.2 Å². The minimum Gasteiger partial charge on any atom is -0.479 e. The van der Waals surface area contributed by atoms with E-state index < -0.39 is 11.6 Å². The van der Waals surface area contributed by atoms with E-state index >= 15 is 0 Å². The van der Waals surface area contributed by atoms with E-state index in [0.29, 0.717) is 0 Å². The van der Waals surface area contributed by atoms with Crippen molar-refractivity contribution in [1.29, 1.82) is 0 Å². The molecular weight excluding hydrogens is 216 g/mol. The van der Waals surface area contributed by atoms with Crippen molar-refractivity contribution < 1.29 is 14.6 Å². The van der Waals surface area contributed by atoms with Gasteiger partial charge in [0.05, 0.1) is 6.10 Å². The molecule has 0 amide bonds.